The van der Waals surface area contributed by atoms with E-state index in [4.69, 9.17) is 15.0 Å². The van der Waals surface area contributed by atoms with Crippen LogP contribution >= 0.6 is 0 Å². The summed E-state index contributed by atoms with van der Waals surface area (Å²) in [6.45, 7) is 0. The molecule has 2 aromatic heterocycles. The standard InChI is InChI=1S/C63H40N4/c1-4-16-41(17-5-1)46-34-48(45-28-29-55-54-24-12-15-27-58(54)63(59(55)40-45)56-25-13-10-22-52(56)53-23-11-14-26-57(53)63)37-49(35-46)50-36-47(42-30-32-64-33-31-42)38-51(39-50)62-66-60(43-18-6-2-7-19-43)65-61(67-62)44-20-8-3-9-21-44/h1-40H. The van der Waals surface area contributed by atoms with Gasteiger partial charge in [0.1, 0.15) is 0 Å². The molecule has 2 aliphatic carbocycles. The van der Waals surface area contributed by atoms with Crippen LogP contribution < -0.4 is 0 Å². The number of rotatable bonds is 7. The molecule has 2 heterocycles. The largest absolute Gasteiger partial charge is 0.265 e. The maximum Gasteiger partial charge on any atom is 0.164 e. The van der Waals surface area contributed by atoms with E-state index in [1.807, 2.05) is 73.1 Å². The van der Waals surface area contributed by atoms with Crippen molar-refractivity contribution in [3.05, 3.63) is 265 Å². The van der Waals surface area contributed by atoms with E-state index in [-0.39, 0.29) is 0 Å². The van der Waals surface area contributed by atoms with Crippen molar-refractivity contribution in [2.75, 3.05) is 0 Å². The summed E-state index contributed by atoms with van der Waals surface area (Å²) in [5.41, 5.74) is 21.6. The molecule has 0 unspecified atom stereocenters. The number of pyridine rings is 1. The lowest BCUT2D eigenvalue weighted by Gasteiger charge is -2.30. The molecule has 0 aliphatic heterocycles. The summed E-state index contributed by atoms with van der Waals surface area (Å²) in [4.78, 5) is 19.7. The number of fused-ring (bicyclic) bond motifs is 10. The summed E-state index contributed by atoms with van der Waals surface area (Å²) in [6, 6.07) is 83.0. The number of hydrogen-bond acceptors (Lipinski definition) is 4. The van der Waals surface area contributed by atoms with E-state index in [2.05, 4.69) is 175 Å². The van der Waals surface area contributed by atoms with Crippen LogP contribution in [0.25, 0.3) is 101 Å². The molecule has 11 aromatic rings. The summed E-state index contributed by atoms with van der Waals surface area (Å²) in [7, 11) is 0. The van der Waals surface area contributed by atoms with Crippen LogP contribution in [0.5, 0.6) is 0 Å². The molecule has 0 saturated heterocycles. The van der Waals surface area contributed by atoms with Gasteiger partial charge in [-0.3, -0.25) is 4.98 Å². The Morgan fingerprint density at radius 3 is 1.04 bits per heavy atom. The van der Waals surface area contributed by atoms with Gasteiger partial charge in [0.05, 0.1) is 5.41 Å². The summed E-state index contributed by atoms with van der Waals surface area (Å²) in [5.74, 6) is 1.85. The van der Waals surface area contributed by atoms with E-state index >= 15 is 0 Å². The lowest BCUT2D eigenvalue weighted by molar-refractivity contribution is 0.794. The fourth-order valence-electron chi connectivity index (χ4n) is 10.6. The average Bonchev–Trinajstić information content (AvgIpc) is 3.88. The van der Waals surface area contributed by atoms with Gasteiger partial charge in [-0.15, -0.1) is 0 Å². The predicted molar refractivity (Wildman–Crippen MR) is 272 cm³/mol. The Bertz CT molecular complexity index is 3560. The van der Waals surface area contributed by atoms with Gasteiger partial charge in [0.15, 0.2) is 17.5 Å². The van der Waals surface area contributed by atoms with Gasteiger partial charge in [-0.2, -0.15) is 0 Å². The van der Waals surface area contributed by atoms with Crippen molar-refractivity contribution in [2.24, 2.45) is 0 Å². The van der Waals surface area contributed by atoms with Crippen molar-refractivity contribution in [1.29, 1.82) is 0 Å². The minimum atomic E-state index is -0.440. The second kappa shape index (κ2) is 15.7. The SMILES string of the molecule is c1ccc(-c2cc(-c3cc(-c4ccncc4)cc(-c4nc(-c5ccccc5)nc(-c5ccccc5)n4)c3)cc(-c3ccc4c(c3)C3(c5ccccc5-c5ccccc53)c3ccccc3-4)c2)cc1. The predicted octanol–water partition coefficient (Wildman–Crippen LogP) is 15.3. The van der Waals surface area contributed by atoms with Gasteiger partial charge < -0.3 is 0 Å². The zero-order valence-corrected chi connectivity index (χ0v) is 36.4. The Balaban J connectivity index is 1.03. The Morgan fingerprint density at radius 2 is 0.567 bits per heavy atom. The third-order valence-corrected chi connectivity index (χ3v) is 13.6. The highest BCUT2D eigenvalue weighted by atomic mass is 15.0. The summed E-state index contributed by atoms with van der Waals surface area (Å²) >= 11 is 0. The van der Waals surface area contributed by atoms with Crippen molar-refractivity contribution >= 4 is 0 Å². The van der Waals surface area contributed by atoms with Gasteiger partial charge in [0.25, 0.3) is 0 Å². The molecule has 0 amide bonds. The van der Waals surface area contributed by atoms with E-state index in [0.29, 0.717) is 17.5 Å². The van der Waals surface area contributed by atoms with Crippen LogP contribution in [0.3, 0.4) is 0 Å². The van der Waals surface area contributed by atoms with Gasteiger partial charge in [-0.25, -0.2) is 15.0 Å². The van der Waals surface area contributed by atoms with Gasteiger partial charge in [-0.1, -0.05) is 176 Å². The first-order chi connectivity index (χ1) is 33.2. The van der Waals surface area contributed by atoms with Crippen LogP contribution in [-0.2, 0) is 5.41 Å². The smallest absolute Gasteiger partial charge is 0.164 e. The molecule has 0 radical (unpaired) electrons. The van der Waals surface area contributed by atoms with Crippen LogP contribution in [-0.4, -0.2) is 19.9 Å². The van der Waals surface area contributed by atoms with Gasteiger partial charge in [-0.05, 0) is 144 Å². The number of aromatic nitrogens is 4. The molecule has 0 bridgehead atoms. The van der Waals surface area contributed by atoms with Gasteiger partial charge >= 0.3 is 0 Å². The maximum absolute atomic E-state index is 5.18. The molecule has 9 aromatic carbocycles. The van der Waals surface area contributed by atoms with Crippen molar-refractivity contribution in [3.8, 4) is 101 Å². The molecule has 0 N–H and O–H groups in total. The lowest BCUT2D eigenvalue weighted by atomic mass is 9.70. The molecule has 4 heteroatoms. The van der Waals surface area contributed by atoms with Crippen LogP contribution in [0.1, 0.15) is 22.3 Å². The lowest BCUT2D eigenvalue weighted by Crippen LogP contribution is -2.25. The van der Waals surface area contributed by atoms with Crippen molar-refractivity contribution in [2.45, 2.75) is 5.41 Å². The molecule has 1 spiro atoms. The maximum atomic E-state index is 5.18. The number of nitrogens with zero attached hydrogens (tertiary/aromatic N) is 4. The average molecular weight is 853 g/mol. The first-order valence-electron chi connectivity index (χ1n) is 22.8. The third kappa shape index (κ3) is 6.37. The molecule has 0 atom stereocenters. The molecular formula is C63H40N4. The minimum absolute atomic E-state index is 0.440. The van der Waals surface area contributed by atoms with Gasteiger partial charge in [0, 0.05) is 29.1 Å². The van der Waals surface area contributed by atoms with Crippen molar-refractivity contribution < 1.29 is 0 Å². The highest BCUT2D eigenvalue weighted by Gasteiger charge is 2.51. The van der Waals surface area contributed by atoms with Crippen molar-refractivity contribution in [3.63, 3.8) is 0 Å². The molecule has 4 nitrogen and oxygen atoms in total. The molecular weight excluding hydrogens is 813 g/mol. The first-order valence-corrected chi connectivity index (χ1v) is 22.8. The zero-order chi connectivity index (χ0) is 44.3. The number of benzene rings is 9. The molecule has 0 fully saturated rings. The minimum Gasteiger partial charge on any atom is -0.265 e. The topological polar surface area (TPSA) is 51.6 Å². The van der Waals surface area contributed by atoms with E-state index in [1.54, 1.807) is 0 Å². The quantitative estimate of drug-likeness (QED) is 0.160. The molecule has 0 saturated carbocycles. The van der Waals surface area contributed by atoms with E-state index in [9.17, 15) is 0 Å². The monoisotopic (exact) mass is 852 g/mol. The summed E-state index contributed by atoms with van der Waals surface area (Å²) < 4.78 is 0. The molecule has 67 heavy (non-hydrogen) atoms. The van der Waals surface area contributed by atoms with E-state index in [0.717, 1.165) is 61.2 Å². The second-order valence-corrected chi connectivity index (χ2v) is 17.4. The summed E-state index contributed by atoms with van der Waals surface area (Å²) in [6.07, 6.45) is 3.69. The Kier molecular flexibility index (Phi) is 9.04. The van der Waals surface area contributed by atoms with E-state index in [1.165, 1.54) is 44.5 Å². The normalized spacial score (nSPS) is 12.6. The summed E-state index contributed by atoms with van der Waals surface area (Å²) in [5, 5.41) is 0. The second-order valence-electron chi connectivity index (χ2n) is 17.4. The fraction of sp³-hybridized carbons (Fsp3) is 0.0159. The Morgan fingerprint density at radius 1 is 0.224 bits per heavy atom. The van der Waals surface area contributed by atoms with Crippen LogP contribution in [0, 0.1) is 0 Å². The zero-order valence-electron chi connectivity index (χ0n) is 36.4. The molecule has 2 aliphatic rings. The Labute approximate surface area is 389 Å². The highest BCUT2D eigenvalue weighted by Crippen LogP contribution is 2.63. The Hall–Kier alpha value is -8.86. The molecule has 13 rings (SSSR count). The first kappa shape index (κ1) is 38.6. The third-order valence-electron chi connectivity index (χ3n) is 13.6. The number of hydrogen-bond donors (Lipinski definition) is 0. The molecule has 312 valence electrons. The highest BCUT2D eigenvalue weighted by molar-refractivity contribution is 5.96. The van der Waals surface area contributed by atoms with Crippen LogP contribution in [0.4, 0.5) is 0 Å². The van der Waals surface area contributed by atoms with Crippen molar-refractivity contribution in [1.82, 2.24) is 19.9 Å². The van der Waals surface area contributed by atoms with Crippen LogP contribution in [0.2, 0.25) is 0 Å². The van der Waals surface area contributed by atoms with Crippen LogP contribution in [0.15, 0.2) is 243 Å². The van der Waals surface area contributed by atoms with E-state index < -0.39 is 5.41 Å². The van der Waals surface area contributed by atoms with Gasteiger partial charge in [0.2, 0.25) is 0 Å². The fourth-order valence-corrected chi connectivity index (χ4v) is 10.6.